The van der Waals surface area contributed by atoms with Gasteiger partial charge in [0.2, 0.25) is 6.79 Å². The summed E-state index contributed by atoms with van der Waals surface area (Å²) in [5, 5.41) is 0. The van der Waals surface area contributed by atoms with Crippen molar-refractivity contribution in [2.45, 2.75) is 19.9 Å². The predicted molar refractivity (Wildman–Crippen MR) is 81.2 cm³/mol. The first-order valence-corrected chi connectivity index (χ1v) is 7.57. The van der Waals surface area contributed by atoms with Crippen LogP contribution in [0.2, 0.25) is 0 Å². The minimum absolute atomic E-state index is 0. The van der Waals surface area contributed by atoms with Crippen LogP contribution in [-0.2, 0) is 13.0 Å². The van der Waals surface area contributed by atoms with Crippen LogP contribution in [0.25, 0.3) is 0 Å². The Bertz CT molecular complexity index is 836. The van der Waals surface area contributed by atoms with Crippen molar-refractivity contribution in [3.05, 3.63) is 58.7 Å². The highest BCUT2D eigenvalue weighted by Crippen LogP contribution is 2.36. The van der Waals surface area contributed by atoms with Crippen molar-refractivity contribution in [1.82, 2.24) is 0 Å². The van der Waals surface area contributed by atoms with Gasteiger partial charge in [-0.3, -0.25) is 0 Å². The van der Waals surface area contributed by atoms with E-state index in [0.717, 1.165) is 41.3 Å². The van der Waals surface area contributed by atoms with Gasteiger partial charge >= 0.3 is 0 Å². The van der Waals surface area contributed by atoms with Gasteiger partial charge in [0.15, 0.2) is 35.4 Å². The van der Waals surface area contributed by atoms with Crippen molar-refractivity contribution in [3.8, 4) is 11.5 Å². The maximum Gasteiger partial charge on any atom is 0.231 e. The van der Waals surface area contributed by atoms with E-state index >= 15 is 0 Å². The number of fused-ring (bicyclic) bond motifs is 2. The molecule has 6 heteroatoms. The third kappa shape index (κ3) is 2.84. The van der Waals surface area contributed by atoms with E-state index in [9.17, 15) is 8.78 Å². The first kappa shape index (κ1) is 16.7. The zero-order chi connectivity index (χ0) is 16.0. The Labute approximate surface area is 144 Å². The lowest BCUT2D eigenvalue weighted by Crippen LogP contribution is -3.00. The molecule has 126 valence electrons. The van der Waals surface area contributed by atoms with E-state index in [1.807, 2.05) is 19.1 Å². The van der Waals surface area contributed by atoms with Crippen LogP contribution < -0.4 is 21.9 Å². The fourth-order valence-electron chi connectivity index (χ4n) is 3.18. The van der Waals surface area contributed by atoms with Crippen LogP contribution in [-0.4, -0.2) is 23.6 Å². The molecule has 0 amide bonds. The summed E-state index contributed by atoms with van der Waals surface area (Å²) in [6.07, 6.45) is 0.882. The summed E-state index contributed by atoms with van der Waals surface area (Å²) < 4.78 is 39.5. The molecule has 0 aliphatic carbocycles. The zero-order valence-corrected chi connectivity index (χ0v) is 13.9. The van der Waals surface area contributed by atoms with Gasteiger partial charge in [-0.1, -0.05) is 0 Å². The lowest BCUT2D eigenvalue weighted by molar-refractivity contribution is -0.545. The van der Waals surface area contributed by atoms with Crippen LogP contribution in [0.1, 0.15) is 23.6 Å². The van der Waals surface area contributed by atoms with Gasteiger partial charge in [0.1, 0.15) is 6.54 Å². The van der Waals surface area contributed by atoms with Crippen molar-refractivity contribution < 1.29 is 35.2 Å². The second-order valence-electron chi connectivity index (χ2n) is 5.87. The van der Waals surface area contributed by atoms with Crippen molar-refractivity contribution in [3.63, 3.8) is 0 Å². The average Bonchev–Trinajstić information content (AvgIpc) is 2.99. The molecular formula is C18H16ClF2NO2. The smallest absolute Gasteiger partial charge is 0.231 e. The van der Waals surface area contributed by atoms with Crippen LogP contribution >= 0.6 is 0 Å². The zero-order valence-electron chi connectivity index (χ0n) is 13.1. The monoisotopic (exact) mass is 351 g/mol. The fraction of sp³-hybridized carbons (Fsp3) is 0.278. The fourth-order valence-corrected chi connectivity index (χ4v) is 3.18. The minimum atomic E-state index is -0.814. The normalized spacial score (nSPS) is 15.1. The molecule has 2 heterocycles. The van der Waals surface area contributed by atoms with Crippen LogP contribution in [0.4, 0.5) is 8.78 Å². The summed E-state index contributed by atoms with van der Waals surface area (Å²) in [6.45, 7) is 3.68. The van der Waals surface area contributed by atoms with Crippen LogP contribution in [0.15, 0.2) is 30.3 Å². The number of benzene rings is 2. The molecule has 0 unspecified atom stereocenters. The van der Waals surface area contributed by atoms with Crippen molar-refractivity contribution >= 4 is 5.71 Å². The van der Waals surface area contributed by atoms with Gasteiger partial charge in [-0.25, -0.2) is 13.4 Å². The van der Waals surface area contributed by atoms with E-state index in [-0.39, 0.29) is 19.2 Å². The van der Waals surface area contributed by atoms with Gasteiger partial charge < -0.3 is 21.9 Å². The van der Waals surface area contributed by atoms with E-state index < -0.39 is 11.6 Å². The number of nitrogens with zero attached hydrogens (tertiary/aromatic N) is 1. The van der Waals surface area contributed by atoms with E-state index in [2.05, 4.69) is 4.58 Å². The van der Waals surface area contributed by atoms with Gasteiger partial charge in [-0.05, 0) is 35.9 Å². The number of rotatable bonds is 2. The predicted octanol–water partition coefficient (Wildman–Crippen LogP) is 0.275. The maximum atomic E-state index is 13.4. The van der Waals surface area contributed by atoms with Gasteiger partial charge in [0.05, 0.1) is 0 Å². The number of halogens is 3. The Balaban J connectivity index is 0.00000169. The molecule has 4 rings (SSSR count). The Morgan fingerprint density at radius 3 is 2.54 bits per heavy atom. The SMILES string of the molecule is CC1=[N+](Cc2ccc(F)c(F)c2)CCc2cc3c(cc21)OCO3.[Cl-]. The molecule has 0 radical (unpaired) electrons. The standard InChI is InChI=1S/C18H16F2NO2.ClH/c1-11-14-8-18-17(22-10-23-18)7-13(14)4-5-21(11)9-12-2-3-15(19)16(20)6-12;/h2-3,6-8H,4-5,9-10H2,1H3;1H/q+1;/p-1. The Morgan fingerprint density at radius 2 is 1.79 bits per heavy atom. The van der Waals surface area contributed by atoms with Crippen molar-refractivity contribution in [2.24, 2.45) is 0 Å². The Morgan fingerprint density at radius 1 is 1.04 bits per heavy atom. The number of hydrogen-bond acceptors (Lipinski definition) is 2. The molecule has 2 aliphatic rings. The summed E-state index contributed by atoms with van der Waals surface area (Å²) in [5.41, 5.74) is 4.22. The summed E-state index contributed by atoms with van der Waals surface area (Å²) in [4.78, 5) is 0. The highest BCUT2D eigenvalue weighted by Gasteiger charge is 2.26. The van der Waals surface area contributed by atoms with Crippen molar-refractivity contribution in [2.75, 3.05) is 13.3 Å². The molecule has 0 bridgehead atoms. The van der Waals surface area contributed by atoms with E-state index in [4.69, 9.17) is 9.47 Å². The Hall–Kier alpha value is -2.14. The third-order valence-electron chi connectivity index (χ3n) is 4.47. The first-order valence-electron chi connectivity index (χ1n) is 7.57. The van der Waals surface area contributed by atoms with Gasteiger partial charge in [0, 0.05) is 24.5 Å². The Kier molecular flexibility index (Phi) is 4.45. The lowest BCUT2D eigenvalue weighted by Gasteiger charge is -2.17. The highest BCUT2D eigenvalue weighted by molar-refractivity contribution is 5.97. The third-order valence-corrected chi connectivity index (χ3v) is 4.47. The van der Waals surface area contributed by atoms with E-state index in [0.29, 0.717) is 6.54 Å². The summed E-state index contributed by atoms with van der Waals surface area (Å²) in [5.74, 6) is -0.0598. The first-order chi connectivity index (χ1) is 11.1. The number of hydrogen-bond donors (Lipinski definition) is 0. The molecule has 2 aliphatic heterocycles. The minimum Gasteiger partial charge on any atom is -1.00 e. The lowest BCUT2D eigenvalue weighted by atomic mass is 9.96. The van der Waals surface area contributed by atoms with Gasteiger partial charge in [0.25, 0.3) is 0 Å². The number of ether oxygens (including phenoxy) is 2. The largest absolute Gasteiger partial charge is 1.00 e. The molecular weight excluding hydrogens is 336 g/mol. The molecule has 2 aromatic rings. The summed E-state index contributed by atoms with van der Waals surface area (Å²) in [7, 11) is 0. The summed E-state index contributed by atoms with van der Waals surface area (Å²) >= 11 is 0. The second-order valence-corrected chi connectivity index (χ2v) is 5.87. The van der Waals surface area contributed by atoms with E-state index in [1.165, 1.54) is 17.7 Å². The molecule has 2 aromatic carbocycles. The average molecular weight is 352 g/mol. The molecule has 0 N–H and O–H groups in total. The van der Waals surface area contributed by atoms with Gasteiger partial charge in [-0.15, -0.1) is 0 Å². The molecule has 0 fully saturated rings. The topological polar surface area (TPSA) is 21.5 Å². The van der Waals surface area contributed by atoms with Crippen LogP contribution in [0.3, 0.4) is 0 Å². The molecule has 0 aromatic heterocycles. The molecule has 0 atom stereocenters. The molecule has 3 nitrogen and oxygen atoms in total. The second kappa shape index (κ2) is 6.40. The molecule has 0 spiro atoms. The van der Waals surface area contributed by atoms with Crippen molar-refractivity contribution in [1.29, 1.82) is 0 Å². The highest BCUT2D eigenvalue weighted by atomic mass is 35.5. The van der Waals surface area contributed by atoms with Gasteiger partial charge in [-0.2, -0.15) is 0 Å². The quantitative estimate of drug-likeness (QED) is 0.725. The molecule has 0 saturated heterocycles. The van der Waals surface area contributed by atoms with E-state index in [1.54, 1.807) is 6.07 Å². The summed E-state index contributed by atoms with van der Waals surface area (Å²) in [6, 6.07) is 8.11. The van der Waals surface area contributed by atoms with Crippen LogP contribution in [0, 0.1) is 11.6 Å². The molecule has 0 saturated carbocycles. The maximum absolute atomic E-state index is 13.4. The van der Waals surface area contributed by atoms with Crippen LogP contribution in [0.5, 0.6) is 11.5 Å². The molecule has 24 heavy (non-hydrogen) atoms.